The van der Waals surface area contributed by atoms with E-state index in [0.717, 1.165) is 45.1 Å². The van der Waals surface area contributed by atoms with E-state index < -0.39 is 5.60 Å². The first-order valence-corrected chi connectivity index (χ1v) is 11.5. The largest absolute Gasteiger partial charge is 0.444 e. The predicted molar refractivity (Wildman–Crippen MR) is 119 cm³/mol. The number of amides is 2. The summed E-state index contributed by atoms with van der Waals surface area (Å²) in [6, 6.07) is 0.546. The van der Waals surface area contributed by atoms with Crippen molar-refractivity contribution in [1.29, 1.82) is 0 Å². The lowest BCUT2D eigenvalue weighted by Crippen LogP contribution is -2.55. The Morgan fingerprint density at radius 2 is 1.84 bits per heavy atom. The van der Waals surface area contributed by atoms with E-state index in [1.165, 1.54) is 0 Å². The summed E-state index contributed by atoms with van der Waals surface area (Å²) in [4.78, 5) is 32.7. The van der Waals surface area contributed by atoms with E-state index in [4.69, 9.17) is 9.47 Å². The maximum atomic E-state index is 12.7. The highest BCUT2D eigenvalue weighted by atomic mass is 16.6. The average Bonchev–Trinajstić information content (AvgIpc) is 3.28. The molecule has 176 valence electrons. The molecular weight excluding hydrogens is 398 g/mol. The number of hydrogen-bond donors (Lipinski definition) is 2. The maximum absolute atomic E-state index is 12.7. The second kappa shape index (κ2) is 10.1. The highest BCUT2D eigenvalue weighted by Gasteiger charge is 2.45. The van der Waals surface area contributed by atoms with Crippen molar-refractivity contribution < 1.29 is 19.1 Å². The first kappa shape index (κ1) is 23.6. The molecule has 31 heavy (non-hydrogen) atoms. The van der Waals surface area contributed by atoms with E-state index in [-0.39, 0.29) is 42.8 Å². The Morgan fingerprint density at radius 1 is 1.16 bits per heavy atom. The summed E-state index contributed by atoms with van der Waals surface area (Å²) in [6.45, 7) is 7.27. The number of carbonyl (C=O) groups excluding carboxylic acids is 2. The minimum Gasteiger partial charge on any atom is -0.444 e. The number of carbonyl (C=O) groups is 2. The Labute approximate surface area is 185 Å². The van der Waals surface area contributed by atoms with E-state index in [2.05, 4.69) is 15.6 Å². The number of ether oxygens (including phenoxy) is 2. The van der Waals surface area contributed by atoms with Crippen LogP contribution < -0.4 is 10.6 Å². The molecule has 9 nitrogen and oxygen atoms in total. The zero-order valence-electron chi connectivity index (χ0n) is 19.6. The smallest absolute Gasteiger partial charge is 0.410 e. The zero-order valence-corrected chi connectivity index (χ0v) is 19.6. The van der Waals surface area contributed by atoms with Gasteiger partial charge in [0.1, 0.15) is 12.1 Å². The molecule has 3 fully saturated rings. The fourth-order valence-electron chi connectivity index (χ4n) is 4.56. The predicted octanol–water partition coefficient (Wildman–Crippen LogP) is 1.72. The molecule has 0 spiro atoms. The van der Waals surface area contributed by atoms with Crippen LogP contribution in [-0.4, -0.2) is 91.4 Å². The van der Waals surface area contributed by atoms with E-state index >= 15 is 0 Å². The van der Waals surface area contributed by atoms with Gasteiger partial charge >= 0.3 is 6.09 Å². The Morgan fingerprint density at radius 3 is 2.39 bits per heavy atom. The lowest BCUT2D eigenvalue weighted by Gasteiger charge is -2.40. The van der Waals surface area contributed by atoms with Crippen molar-refractivity contribution in [3.8, 4) is 0 Å². The molecule has 2 N–H and O–H groups in total. The van der Waals surface area contributed by atoms with E-state index in [0.29, 0.717) is 12.5 Å². The molecule has 0 saturated carbocycles. The van der Waals surface area contributed by atoms with Crippen LogP contribution in [0.2, 0.25) is 0 Å². The molecule has 0 aromatic carbocycles. The van der Waals surface area contributed by atoms with Gasteiger partial charge in [-0.1, -0.05) is 0 Å². The number of piperidine rings is 1. The van der Waals surface area contributed by atoms with Crippen LogP contribution in [-0.2, 0) is 14.3 Å². The second-order valence-corrected chi connectivity index (χ2v) is 10.1. The molecule has 3 atom stereocenters. The summed E-state index contributed by atoms with van der Waals surface area (Å²) in [5.74, 6) is 0.596. The SMILES string of the molecule is CN(C)C(=O)CN=C(NCC1CCCO1)NC1CC2CCC(C1)N2C(=O)OC(C)(C)C. The van der Waals surface area contributed by atoms with Crippen LogP contribution >= 0.6 is 0 Å². The van der Waals surface area contributed by atoms with E-state index in [9.17, 15) is 9.59 Å². The van der Waals surface area contributed by atoms with Gasteiger partial charge in [-0.25, -0.2) is 9.79 Å². The number of guanidine groups is 1. The van der Waals surface area contributed by atoms with Crippen LogP contribution in [0.15, 0.2) is 4.99 Å². The first-order chi connectivity index (χ1) is 14.6. The van der Waals surface area contributed by atoms with Gasteiger partial charge in [0.2, 0.25) is 5.91 Å². The molecule has 3 aliphatic heterocycles. The number of hydrogen-bond acceptors (Lipinski definition) is 5. The van der Waals surface area contributed by atoms with Gasteiger partial charge in [0.05, 0.1) is 6.10 Å². The van der Waals surface area contributed by atoms with Crippen LogP contribution in [0.25, 0.3) is 0 Å². The van der Waals surface area contributed by atoms with Crippen LogP contribution in [0.1, 0.15) is 59.3 Å². The van der Waals surface area contributed by atoms with Gasteiger partial charge in [0.15, 0.2) is 5.96 Å². The zero-order chi connectivity index (χ0) is 22.6. The van der Waals surface area contributed by atoms with Crippen molar-refractivity contribution in [3.63, 3.8) is 0 Å². The number of nitrogens with zero attached hydrogens (tertiary/aromatic N) is 3. The maximum Gasteiger partial charge on any atom is 0.410 e. The normalized spacial score (nSPS) is 28.4. The van der Waals surface area contributed by atoms with Gasteiger partial charge in [0, 0.05) is 45.4 Å². The molecule has 9 heteroatoms. The van der Waals surface area contributed by atoms with Gasteiger partial charge in [-0.2, -0.15) is 0 Å². The van der Waals surface area contributed by atoms with Gasteiger partial charge in [0.25, 0.3) is 0 Å². The summed E-state index contributed by atoms with van der Waals surface area (Å²) in [5, 5.41) is 6.87. The van der Waals surface area contributed by atoms with E-state index in [1.807, 2.05) is 25.7 Å². The third-order valence-electron chi connectivity index (χ3n) is 6.07. The molecule has 0 aliphatic carbocycles. The van der Waals surface area contributed by atoms with Crippen LogP contribution in [0.4, 0.5) is 4.79 Å². The van der Waals surface area contributed by atoms with Crippen molar-refractivity contribution in [2.75, 3.05) is 33.8 Å². The topological polar surface area (TPSA) is 95.5 Å². The molecule has 3 unspecified atom stereocenters. The van der Waals surface area contributed by atoms with Gasteiger partial charge in [-0.15, -0.1) is 0 Å². The minimum absolute atomic E-state index is 0.0435. The third-order valence-corrected chi connectivity index (χ3v) is 6.07. The molecule has 2 bridgehead atoms. The summed E-state index contributed by atoms with van der Waals surface area (Å²) in [7, 11) is 3.46. The highest BCUT2D eigenvalue weighted by molar-refractivity contribution is 5.85. The van der Waals surface area contributed by atoms with Crippen molar-refractivity contribution in [1.82, 2.24) is 20.4 Å². The van der Waals surface area contributed by atoms with Gasteiger partial charge < -0.3 is 29.9 Å². The lowest BCUT2D eigenvalue weighted by molar-refractivity contribution is -0.127. The average molecular weight is 438 g/mol. The molecule has 0 radical (unpaired) electrons. The molecule has 2 amide bonds. The van der Waals surface area contributed by atoms with Crippen LogP contribution in [0.5, 0.6) is 0 Å². The molecule has 0 aromatic heterocycles. The molecule has 3 aliphatic rings. The fourth-order valence-corrected chi connectivity index (χ4v) is 4.56. The fraction of sp³-hybridized carbons (Fsp3) is 0.864. The van der Waals surface area contributed by atoms with Crippen molar-refractivity contribution in [2.45, 2.75) is 89.1 Å². The number of likely N-dealkylation sites (N-methyl/N-ethyl adjacent to an activating group) is 1. The molecule has 3 heterocycles. The number of fused-ring (bicyclic) bond motifs is 2. The third kappa shape index (κ3) is 6.72. The van der Waals surface area contributed by atoms with Crippen molar-refractivity contribution in [3.05, 3.63) is 0 Å². The summed E-state index contributed by atoms with van der Waals surface area (Å²) in [5.41, 5.74) is -0.489. The molecule has 0 aromatic rings. The van der Waals surface area contributed by atoms with Crippen molar-refractivity contribution >= 4 is 18.0 Å². The quantitative estimate of drug-likeness (QED) is 0.502. The molecule has 3 rings (SSSR count). The standard InChI is InChI=1S/C22H39N5O4/c1-22(2,3)31-21(29)27-16-8-9-17(27)12-15(11-16)25-20(24-14-19(28)26(4)5)23-13-18-7-6-10-30-18/h15-18H,6-14H2,1-5H3,(H2,23,24,25). The van der Waals surface area contributed by atoms with Crippen LogP contribution in [0.3, 0.4) is 0 Å². The Hall–Kier alpha value is -2.03. The van der Waals surface area contributed by atoms with E-state index in [1.54, 1.807) is 19.0 Å². The Bertz CT molecular complexity index is 655. The highest BCUT2D eigenvalue weighted by Crippen LogP contribution is 2.36. The minimum atomic E-state index is -0.489. The van der Waals surface area contributed by atoms with Crippen LogP contribution in [0, 0.1) is 0 Å². The summed E-state index contributed by atoms with van der Waals surface area (Å²) in [6.07, 6.45) is 5.78. The lowest BCUT2D eigenvalue weighted by atomic mass is 9.98. The summed E-state index contributed by atoms with van der Waals surface area (Å²) >= 11 is 0. The van der Waals surface area contributed by atoms with Crippen molar-refractivity contribution in [2.24, 2.45) is 4.99 Å². The van der Waals surface area contributed by atoms with Gasteiger partial charge in [-0.3, -0.25) is 4.79 Å². The second-order valence-electron chi connectivity index (χ2n) is 10.1. The molecule has 3 saturated heterocycles. The Kier molecular flexibility index (Phi) is 7.67. The number of rotatable bonds is 5. The first-order valence-electron chi connectivity index (χ1n) is 11.5. The number of nitrogens with one attached hydrogen (secondary N) is 2. The number of aliphatic imine (C=N–C) groups is 1. The molecular formula is C22H39N5O4. The Balaban J connectivity index is 1.60. The summed E-state index contributed by atoms with van der Waals surface area (Å²) < 4.78 is 11.3. The van der Waals surface area contributed by atoms with Gasteiger partial charge in [-0.05, 0) is 59.3 Å². The monoisotopic (exact) mass is 437 g/mol.